The van der Waals surface area contributed by atoms with Crippen LogP contribution in [0.3, 0.4) is 0 Å². The van der Waals surface area contributed by atoms with Crippen LogP contribution in [0, 0.1) is 0 Å². The molecular weight excluding hydrogens is 359 g/mol. The van der Waals surface area contributed by atoms with E-state index in [0.29, 0.717) is 40.7 Å². The van der Waals surface area contributed by atoms with E-state index in [1.165, 1.54) is 7.11 Å². The van der Waals surface area contributed by atoms with Crippen molar-refractivity contribution in [2.24, 2.45) is 0 Å². The number of carbonyl (C=O) groups is 1. The average Bonchev–Trinajstić information content (AvgIpc) is 2.67. The molecule has 0 bridgehead atoms. The third-order valence-electron chi connectivity index (χ3n) is 3.91. The van der Waals surface area contributed by atoms with E-state index >= 15 is 0 Å². The van der Waals surface area contributed by atoms with Crippen LogP contribution in [0.25, 0.3) is 5.32 Å². The summed E-state index contributed by atoms with van der Waals surface area (Å²) in [5.74, 6) is 2.05. The van der Waals surface area contributed by atoms with Gasteiger partial charge < -0.3 is 34.8 Å². The fourth-order valence-electron chi connectivity index (χ4n) is 2.55. The summed E-state index contributed by atoms with van der Waals surface area (Å²) < 4.78 is 21.1. The van der Waals surface area contributed by atoms with Gasteiger partial charge in [-0.25, -0.2) is 0 Å². The summed E-state index contributed by atoms with van der Waals surface area (Å²) in [7, 11) is 6.23. The van der Waals surface area contributed by atoms with Gasteiger partial charge >= 0.3 is 29.6 Å². The third-order valence-corrected chi connectivity index (χ3v) is 3.91. The van der Waals surface area contributed by atoms with Crippen LogP contribution in [-0.4, -0.2) is 40.9 Å². The summed E-state index contributed by atoms with van der Waals surface area (Å²) >= 11 is 0. The molecule has 2 N–H and O–H groups in total. The van der Waals surface area contributed by atoms with Crippen molar-refractivity contribution in [2.45, 2.75) is 6.42 Å². The molecule has 7 nitrogen and oxygen atoms in total. The van der Waals surface area contributed by atoms with Crippen molar-refractivity contribution in [2.75, 3.05) is 40.7 Å². The van der Waals surface area contributed by atoms with Gasteiger partial charge in [0.2, 0.25) is 0 Å². The molecule has 0 aliphatic carbocycles. The molecule has 8 heteroatoms. The summed E-state index contributed by atoms with van der Waals surface area (Å²) in [6, 6.07) is 8.37. The van der Waals surface area contributed by atoms with Crippen molar-refractivity contribution in [3.8, 4) is 23.0 Å². The first kappa shape index (κ1) is 23.0. The number of ether oxygens (including phenoxy) is 4. The van der Waals surface area contributed by atoms with Gasteiger partial charge in [-0.2, -0.15) is 0 Å². The number of anilines is 1. The summed E-state index contributed by atoms with van der Waals surface area (Å²) in [6.07, 6.45) is 0.480. The van der Waals surface area contributed by atoms with Crippen LogP contribution >= 0.6 is 0 Å². The predicted molar refractivity (Wildman–Crippen MR) is 99.8 cm³/mol. The minimum absolute atomic E-state index is 0. The molecule has 0 radical (unpaired) electrons. The monoisotopic (exact) mass is 382 g/mol. The Balaban J connectivity index is 0.00000364. The first-order chi connectivity index (χ1) is 12.5. The Morgan fingerprint density at radius 2 is 1.52 bits per heavy atom. The van der Waals surface area contributed by atoms with E-state index in [9.17, 15) is 4.79 Å². The largest absolute Gasteiger partial charge is 1.00 e. The van der Waals surface area contributed by atoms with Gasteiger partial charge in [0, 0.05) is 23.3 Å². The standard InChI is InChI=1S/C19H24N2O5.Na/c1-23-13-10-17(25-3)14(18(11-13)26-4)7-8-21-19(22)12-5-6-16(24-2)15(20)9-12;/h5-6,9-11H,7-8,20H2,1-4H3,(H,21,22);/q;+1/p-1. The topological polar surface area (TPSA) is 94.1 Å². The maximum atomic E-state index is 12.3. The third kappa shape index (κ3) is 5.69. The molecule has 0 unspecified atom stereocenters. The fraction of sp³-hybridized carbons (Fsp3) is 0.316. The fourth-order valence-corrected chi connectivity index (χ4v) is 2.55. The second-order valence-corrected chi connectivity index (χ2v) is 5.40. The van der Waals surface area contributed by atoms with Crippen LogP contribution in [-0.2, 0) is 6.42 Å². The zero-order valence-corrected chi connectivity index (χ0v) is 18.4. The molecular formula is C19H23N2NaO5. The van der Waals surface area contributed by atoms with Crippen LogP contribution < -0.4 is 54.2 Å². The molecule has 27 heavy (non-hydrogen) atoms. The van der Waals surface area contributed by atoms with Gasteiger partial charge in [-0.1, -0.05) is 0 Å². The van der Waals surface area contributed by atoms with Crippen LogP contribution in [0.5, 0.6) is 23.0 Å². The number of nitrogens with zero attached hydrogens (tertiary/aromatic N) is 1. The van der Waals surface area contributed by atoms with Crippen molar-refractivity contribution < 1.29 is 53.3 Å². The van der Waals surface area contributed by atoms with Gasteiger partial charge in [0.25, 0.3) is 0 Å². The molecule has 0 saturated carbocycles. The number of benzene rings is 2. The minimum atomic E-state index is -0.342. The Bertz CT molecular complexity index is 758. The molecule has 140 valence electrons. The molecule has 0 heterocycles. The number of carbonyl (C=O) groups excluding carboxylic acids is 1. The zero-order chi connectivity index (χ0) is 19.1. The number of amides is 1. The smallest absolute Gasteiger partial charge is 0.649 e. The molecule has 0 spiro atoms. The van der Waals surface area contributed by atoms with Crippen LogP contribution in [0.1, 0.15) is 15.9 Å². The van der Waals surface area contributed by atoms with Crippen LogP contribution in [0.2, 0.25) is 0 Å². The van der Waals surface area contributed by atoms with Gasteiger partial charge in [-0.05, 0) is 24.6 Å². The number of nitrogen functional groups attached to an aromatic ring is 1. The van der Waals surface area contributed by atoms with Crippen molar-refractivity contribution in [3.05, 3.63) is 46.8 Å². The predicted octanol–water partition coefficient (Wildman–Crippen LogP) is 0.0638. The van der Waals surface area contributed by atoms with E-state index in [4.69, 9.17) is 24.7 Å². The second kappa shape index (κ2) is 10.9. The summed E-state index contributed by atoms with van der Waals surface area (Å²) in [5.41, 5.74) is 7.46. The Morgan fingerprint density at radius 3 is 2.00 bits per heavy atom. The van der Waals surface area contributed by atoms with E-state index < -0.39 is 0 Å². The molecule has 0 aliphatic rings. The van der Waals surface area contributed by atoms with Crippen LogP contribution in [0.15, 0.2) is 30.3 Å². The maximum absolute atomic E-state index is 12.3. The average molecular weight is 382 g/mol. The Hall–Kier alpha value is -2.09. The molecule has 1 amide bonds. The molecule has 2 aromatic carbocycles. The molecule has 2 rings (SSSR count). The Kier molecular flexibility index (Phi) is 9.28. The second-order valence-electron chi connectivity index (χ2n) is 5.40. The normalized spacial score (nSPS) is 9.78. The van der Waals surface area contributed by atoms with E-state index in [1.807, 2.05) is 0 Å². The number of nitrogens with two attached hydrogens (primary N) is 1. The number of hydrogen-bond donors (Lipinski definition) is 1. The Morgan fingerprint density at radius 1 is 0.926 bits per heavy atom. The first-order valence-electron chi connectivity index (χ1n) is 7.98. The molecule has 2 aromatic rings. The summed E-state index contributed by atoms with van der Waals surface area (Å²) in [4.78, 5) is 12.3. The van der Waals surface area contributed by atoms with Gasteiger partial charge in [-0.15, -0.1) is 6.54 Å². The minimum Gasteiger partial charge on any atom is -0.649 e. The number of rotatable bonds is 8. The van der Waals surface area contributed by atoms with E-state index in [1.54, 1.807) is 51.7 Å². The van der Waals surface area contributed by atoms with Gasteiger partial charge in [0.15, 0.2) is 0 Å². The van der Waals surface area contributed by atoms with Crippen molar-refractivity contribution in [3.63, 3.8) is 0 Å². The van der Waals surface area contributed by atoms with Crippen molar-refractivity contribution in [1.82, 2.24) is 0 Å². The zero-order valence-electron chi connectivity index (χ0n) is 16.4. The van der Waals surface area contributed by atoms with Crippen molar-refractivity contribution >= 4 is 11.6 Å². The SMILES string of the molecule is COc1cc(OC)c(CC[N-]C(=O)c2ccc(OC)c(N)c2)c(OC)c1.[Na+]. The molecule has 0 saturated heterocycles. The van der Waals surface area contributed by atoms with Gasteiger partial charge in [0.1, 0.15) is 23.0 Å². The van der Waals surface area contributed by atoms with Crippen molar-refractivity contribution in [1.29, 1.82) is 0 Å². The van der Waals surface area contributed by atoms with E-state index in [2.05, 4.69) is 5.32 Å². The quantitative estimate of drug-likeness (QED) is 0.513. The summed E-state index contributed by atoms with van der Waals surface area (Å²) in [5, 5.41) is 4.10. The van der Waals surface area contributed by atoms with Gasteiger partial charge in [0.05, 0.1) is 40.0 Å². The van der Waals surface area contributed by atoms with Gasteiger partial charge in [-0.3, -0.25) is 0 Å². The maximum Gasteiger partial charge on any atom is 1.00 e. The van der Waals surface area contributed by atoms with E-state index in [0.717, 1.165) is 5.56 Å². The molecule has 0 atom stereocenters. The van der Waals surface area contributed by atoms with Crippen LogP contribution in [0.4, 0.5) is 5.69 Å². The molecule has 0 aromatic heterocycles. The Labute approximate surface area is 181 Å². The summed E-state index contributed by atoms with van der Waals surface area (Å²) in [6.45, 7) is 0.282. The molecule has 0 fully saturated rings. The number of methoxy groups -OCH3 is 4. The number of hydrogen-bond acceptors (Lipinski definition) is 6. The van der Waals surface area contributed by atoms with E-state index in [-0.39, 0.29) is 42.0 Å². The first-order valence-corrected chi connectivity index (χ1v) is 7.98. The molecule has 0 aliphatic heterocycles.